The molecule has 6 nitrogen and oxygen atoms in total. The molecular weight excluding hydrogens is 424 g/mol. The Kier molecular flexibility index (Phi) is 6.33. The zero-order valence-electron chi connectivity index (χ0n) is 17.0. The van der Waals surface area contributed by atoms with Crippen molar-refractivity contribution in [2.24, 2.45) is 0 Å². The van der Waals surface area contributed by atoms with Crippen molar-refractivity contribution >= 4 is 46.9 Å². The van der Waals surface area contributed by atoms with Crippen LogP contribution in [-0.2, 0) is 9.53 Å². The van der Waals surface area contributed by atoms with Gasteiger partial charge in [-0.25, -0.2) is 9.78 Å². The number of aromatic nitrogens is 2. The van der Waals surface area contributed by atoms with Crippen LogP contribution in [0.2, 0.25) is 5.02 Å². The molecular formula is C22H21ClN2O4S. The average Bonchev–Trinajstić information content (AvgIpc) is 2.67. The number of hydrogen-bond acceptors (Lipinski definition) is 6. The highest BCUT2D eigenvalue weighted by molar-refractivity contribution is 7.81. The third-order valence-corrected chi connectivity index (χ3v) is 5.75. The maximum absolute atomic E-state index is 13.7. The van der Waals surface area contributed by atoms with E-state index in [1.54, 1.807) is 51.1 Å². The van der Waals surface area contributed by atoms with Crippen LogP contribution in [-0.4, -0.2) is 27.9 Å². The van der Waals surface area contributed by atoms with Gasteiger partial charge in [-0.15, -0.1) is 0 Å². The summed E-state index contributed by atoms with van der Waals surface area (Å²) in [7, 11) is 0. The van der Waals surface area contributed by atoms with E-state index in [2.05, 4.69) is 17.6 Å². The van der Waals surface area contributed by atoms with E-state index in [1.165, 1.54) is 11.5 Å². The van der Waals surface area contributed by atoms with Crippen LogP contribution in [0.3, 0.4) is 0 Å². The molecule has 0 saturated heterocycles. The highest BCUT2D eigenvalue weighted by Gasteiger charge is 2.26. The summed E-state index contributed by atoms with van der Waals surface area (Å²) in [5.41, 5.74) is 1.74. The molecule has 0 fully saturated rings. The summed E-state index contributed by atoms with van der Waals surface area (Å²) < 4.78 is 6.45. The average molecular weight is 445 g/mol. The molecule has 156 valence electrons. The molecule has 0 aliphatic rings. The number of benzene rings is 2. The molecule has 8 heteroatoms. The van der Waals surface area contributed by atoms with E-state index in [9.17, 15) is 14.4 Å². The number of ether oxygens (including phenoxy) is 1. The second-order valence-corrected chi connectivity index (χ2v) is 7.81. The Morgan fingerprint density at radius 3 is 2.53 bits per heavy atom. The van der Waals surface area contributed by atoms with Crippen LogP contribution in [0.4, 0.5) is 0 Å². The van der Waals surface area contributed by atoms with Gasteiger partial charge in [0, 0.05) is 0 Å². The number of rotatable bonds is 5. The Morgan fingerprint density at radius 2 is 1.93 bits per heavy atom. The van der Waals surface area contributed by atoms with Crippen molar-refractivity contribution in [3.8, 4) is 5.69 Å². The topological polar surface area (TPSA) is 78.3 Å². The SMILES string of the molecule is CCOC(=O)c1c(C)cc2nc(C(S)C(C)=O)n(-c3ccccc3Cl)c(=O)c2c1C. The third kappa shape index (κ3) is 3.75. The number of para-hydroxylation sites is 1. The van der Waals surface area contributed by atoms with Gasteiger partial charge in [0.1, 0.15) is 16.9 Å². The van der Waals surface area contributed by atoms with Gasteiger partial charge in [0.2, 0.25) is 0 Å². The number of halogens is 1. The molecule has 0 aliphatic heterocycles. The molecule has 1 atom stereocenters. The van der Waals surface area contributed by atoms with Gasteiger partial charge in [0.15, 0.2) is 0 Å². The maximum atomic E-state index is 13.7. The van der Waals surface area contributed by atoms with E-state index < -0.39 is 16.8 Å². The first-order valence-corrected chi connectivity index (χ1v) is 10.3. The first-order valence-electron chi connectivity index (χ1n) is 9.36. The summed E-state index contributed by atoms with van der Waals surface area (Å²) in [6.45, 7) is 6.76. The summed E-state index contributed by atoms with van der Waals surface area (Å²) in [6, 6.07) is 8.43. The smallest absolute Gasteiger partial charge is 0.338 e. The number of thiol groups is 1. The molecule has 3 rings (SSSR count). The van der Waals surface area contributed by atoms with Gasteiger partial charge in [-0.3, -0.25) is 14.2 Å². The van der Waals surface area contributed by atoms with Crippen LogP contribution in [0.1, 0.15) is 46.4 Å². The van der Waals surface area contributed by atoms with Crippen molar-refractivity contribution in [2.75, 3.05) is 6.61 Å². The van der Waals surface area contributed by atoms with Crippen molar-refractivity contribution in [2.45, 2.75) is 32.9 Å². The molecule has 0 spiro atoms. The van der Waals surface area contributed by atoms with Crippen LogP contribution in [0.5, 0.6) is 0 Å². The lowest BCUT2D eigenvalue weighted by atomic mass is 9.98. The summed E-state index contributed by atoms with van der Waals surface area (Å²) in [5, 5.41) is -0.346. The Hall–Kier alpha value is -2.64. The Labute approximate surface area is 184 Å². The molecule has 3 aromatic rings. The van der Waals surface area contributed by atoms with Crippen molar-refractivity contribution in [3.05, 3.63) is 68.2 Å². The monoisotopic (exact) mass is 444 g/mol. The molecule has 1 unspecified atom stereocenters. The molecule has 0 radical (unpaired) electrons. The molecule has 1 aromatic heterocycles. The number of fused-ring (bicyclic) bond motifs is 1. The molecule has 30 heavy (non-hydrogen) atoms. The second kappa shape index (κ2) is 8.62. The summed E-state index contributed by atoms with van der Waals surface area (Å²) in [6.07, 6.45) is 0. The highest BCUT2D eigenvalue weighted by atomic mass is 35.5. The first kappa shape index (κ1) is 22.1. The number of aryl methyl sites for hydroxylation is 2. The van der Waals surface area contributed by atoms with E-state index in [-0.39, 0.29) is 23.6 Å². The van der Waals surface area contributed by atoms with E-state index in [1.807, 2.05) is 0 Å². The Balaban J connectivity index is 2.49. The number of nitrogens with zero attached hydrogens (tertiary/aromatic N) is 2. The lowest BCUT2D eigenvalue weighted by Crippen LogP contribution is -2.27. The number of hydrogen-bond donors (Lipinski definition) is 1. The van der Waals surface area contributed by atoms with Crippen LogP contribution >= 0.6 is 24.2 Å². The number of carbonyl (C=O) groups excluding carboxylic acids is 2. The fraction of sp³-hybridized carbons (Fsp3) is 0.273. The maximum Gasteiger partial charge on any atom is 0.338 e. The molecule has 1 heterocycles. The normalized spacial score (nSPS) is 12.1. The zero-order chi connectivity index (χ0) is 22.2. The number of Topliss-reactive ketones (excluding diaryl/α,β-unsaturated/α-hetero) is 1. The summed E-state index contributed by atoms with van der Waals surface area (Å²) >= 11 is 10.7. The fourth-order valence-corrected chi connectivity index (χ4v) is 3.85. The van der Waals surface area contributed by atoms with Gasteiger partial charge in [-0.2, -0.15) is 12.6 Å². The van der Waals surface area contributed by atoms with Crippen LogP contribution in [0.15, 0.2) is 35.1 Å². The van der Waals surface area contributed by atoms with Gasteiger partial charge in [0.05, 0.1) is 33.8 Å². The van der Waals surface area contributed by atoms with Gasteiger partial charge in [0.25, 0.3) is 5.56 Å². The van der Waals surface area contributed by atoms with E-state index in [0.29, 0.717) is 32.9 Å². The predicted octanol–water partition coefficient (Wildman–Crippen LogP) is 4.39. The van der Waals surface area contributed by atoms with E-state index >= 15 is 0 Å². The van der Waals surface area contributed by atoms with Crippen LogP contribution in [0.25, 0.3) is 16.6 Å². The van der Waals surface area contributed by atoms with Crippen LogP contribution < -0.4 is 5.56 Å². The number of esters is 1. The Bertz CT molecular complexity index is 1240. The molecule has 0 amide bonds. The molecule has 0 aliphatic carbocycles. The van der Waals surface area contributed by atoms with Crippen molar-refractivity contribution in [1.29, 1.82) is 0 Å². The summed E-state index contributed by atoms with van der Waals surface area (Å²) in [4.78, 5) is 42.8. The van der Waals surface area contributed by atoms with Crippen molar-refractivity contribution in [3.63, 3.8) is 0 Å². The minimum atomic E-state index is -0.927. The third-order valence-electron chi connectivity index (χ3n) is 4.84. The summed E-state index contributed by atoms with van der Waals surface area (Å²) in [5.74, 6) is -0.598. The van der Waals surface area contributed by atoms with Crippen molar-refractivity contribution < 1.29 is 14.3 Å². The van der Waals surface area contributed by atoms with E-state index in [0.717, 1.165) is 0 Å². The minimum absolute atomic E-state index is 0.166. The van der Waals surface area contributed by atoms with Crippen molar-refractivity contribution in [1.82, 2.24) is 9.55 Å². The van der Waals surface area contributed by atoms with Gasteiger partial charge < -0.3 is 4.74 Å². The van der Waals surface area contributed by atoms with Crippen LogP contribution in [0, 0.1) is 13.8 Å². The van der Waals surface area contributed by atoms with Gasteiger partial charge >= 0.3 is 5.97 Å². The minimum Gasteiger partial charge on any atom is -0.462 e. The molecule has 2 aromatic carbocycles. The number of carbonyl (C=O) groups is 2. The molecule has 0 saturated carbocycles. The highest BCUT2D eigenvalue weighted by Crippen LogP contribution is 2.29. The lowest BCUT2D eigenvalue weighted by Gasteiger charge is -2.19. The lowest BCUT2D eigenvalue weighted by molar-refractivity contribution is -0.116. The van der Waals surface area contributed by atoms with Gasteiger partial charge in [-0.05, 0) is 57.0 Å². The second-order valence-electron chi connectivity index (χ2n) is 6.88. The Morgan fingerprint density at radius 1 is 1.27 bits per heavy atom. The van der Waals surface area contributed by atoms with Gasteiger partial charge in [-0.1, -0.05) is 23.7 Å². The zero-order valence-corrected chi connectivity index (χ0v) is 18.7. The molecule has 0 N–H and O–H groups in total. The predicted molar refractivity (Wildman–Crippen MR) is 120 cm³/mol. The fourth-order valence-electron chi connectivity index (χ4n) is 3.46. The molecule has 0 bridgehead atoms. The standard InChI is InChI=1S/C22H21ClN2O4S/c1-5-29-22(28)17-11(2)10-15-18(12(17)3)21(27)25(16-9-7-6-8-14(16)23)20(24-15)19(30)13(4)26/h6-10,19,30H,5H2,1-4H3. The number of ketones is 1. The largest absolute Gasteiger partial charge is 0.462 e. The van der Waals surface area contributed by atoms with E-state index in [4.69, 9.17) is 16.3 Å². The quantitative estimate of drug-likeness (QED) is 0.466. The first-order chi connectivity index (χ1) is 14.2.